The molecule has 1 aliphatic carbocycles. The van der Waals surface area contributed by atoms with Crippen LogP contribution in [0.15, 0.2) is 55.1 Å². The van der Waals surface area contributed by atoms with E-state index in [1.165, 1.54) is 11.0 Å². The number of phenols is 1. The van der Waals surface area contributed by atoms with Gasteiger partial charge in [-0.3, -0.25) is 14.5 Å². The number of aromatic hydroxyl groups is 1. The van der Waals surface area contributed by atoms with Crippen molar-refractivity contribution in [2.24, 2.45) is 11.3 Å². The molecule has 206 valence electrons. The zero-order valence-electron chi connectivity index (χ0n) is 22.1. The maximum atomic E-state index is 14.3. The number of hydrogen-bond donors (Lipinski definition) is 2. The molecule has 1 aromatic heterocycles. The van der Waals surface area contributed by atoms with Crippen LogP contribution in [0.2, 0.25) is 0 Å². The lowest BCUT2D eigenvalue weighted by Crippen LogP contribution is -2.51. The van der Waals surface area contributed by atoms with Crippen molar-refractivity contribution in [3.05, 3.63) is 71.9 Å². The molecule has 0 spiro atoms. The van der Waals surface area contributed by atoms with Crippen LogP contribution in [-0.2, 0) is 16.0 Å². The van der Waals surface area contributed by atoms with Crippen molar-refractivity contribution in [2.45, 2.75) is 38.7 Å². The fourth-order valence-electron chi connectivity index (χ4n) is 6.43. The molecule has 2 aliphatic rings. The second kappa shape index (κ2) is 10.4. The van der Waals surface area contributed by atoms with Gasteiger partial charge in [0.25, 0.3) is 0 Å². The molecular formula is C30H33F2N3O4. The van der Waals surface area contributed by atoms with E-state index in [-0.39, 0.29) is 48.1 Å². The normalized spacial score (nSPS) is 23.2. The number of rotatable bonds is 8. The Labute approximate surface area is 226 Å². The number of aromatic amines is 1. The van der Waals surface area contributed by atoms with Gasteiger partial charge in [0.2, 0.25) is 11.8 Å². The van der Waals surface area contributed by atoms with Crippen molar-refractivity contribution in [3.8, 4) is 11.5 Å². The van der Waals surface area contributed by atoms with E-state index in [1.54, 1.807) is 36.4 Å². The summed E-state index contributed by atoms with van der Waals surface area (Å²) in [5.74, 6) is -0.838. The van der Waals surface area contributed by atoms with E-state index in [2.05, 4.69) is 16.3 Å². The largest absolute Gasteiger partial charge is 0.508 e. The number of likely N-dealkylation sites (tertiary alicyclic amines) is 1. The van der Waals surface area contributed by atoms with Crippen LogP contribution in [0.5, 0.6) is 11.5 Å². The van der Waals surface area contributed by atoms with Crippen molar-refractivity contribution in [3.63, 3.8) is 0 Å². The molecule has 0 saturated carbocycles. The maximum Gasteiger partial charge on any atom is 0.387 e. The van der Waals surface area contributed by atoms with Crippen LogP contribution in [0.1, 0.15) is 42.5 Å². The van der Waals surface area contributed by atoms with Crippen LogP contribution < -0.4 is 4.74 Å². The molecule has 1 aliphatic heterocycles. The van der Waals surface area contributed by atoms with Crippen molar-refractivity contribution in [1.82, 2.24) is 14.8 Å². The highest BCUT2D eigenvalue weighted by Gasteiger charge is 2.54. The van der Waals surface area contributed by atoms with Gasteiger partial charge in [-0.25, -0.2) is 0 Å². The second-order valence-electron chi connectivity index (χ2n) is 10.8. The van der Waals surface area contributed by atoms with Crippen LogP contribution in [0, 0.1) is 11.3 Å². The molecule has 9 heteroatoms. The SMILES string of the molecule is C=CCN(C)CCN1C(=O)CCC2[C@H](c3cccc(O)c3)c3[nH]c4ccc(OC(F)F)cc4c3C[C@@]2(C)C1=O. The van der Waals surface area contributed by atoms with Crippen LogP contribution >= 0.6 is 0 Å². The number of phenolic OH excluding ortho intramolecular Hbond substituents is 1. The second-order valence-corrected chi connectivity index (χ2v) is 10.8. The van der Waals surface area contributed by atoms with E-state index in [0.717, 1.165) is 22.3 Å². The minimum absolute atomic E-state index is 0.0368. The van der Waals surface area contributed by atoms with Crippen molar-refractivity contribution in [2.75, 3.05) is 26.7 Å². The van der Waals surface area contributed by atoms with Gasteiger partial charge < -0.3 is 19.7 Å². The van der Waals surface area contributed by atoms with Gasteiger partial charge in [0.1, 0.15) is 11.5 Å². The fraction of sp³-hybridized carbons (Fsp3) is 0.400. The molecule has 0 bridgehead atoms. The number of alkyl halides is 2. The molecule has 1 unspecified atom stereocenters. The Morgan fingerprint density at radius 3 is 2.79 bits per heavy atom. The molecule has 7 nitrogen and oxygen atoms in total. The number of imide groups is 1. The number of carbonyl (C=O) groups is 2. The van der Waals surface area contributed by atoms with Gasteiger partial charge in [0.15, 0.2) is 0 Å². The first-order valence-corrected chi connectivity index (χ1v) is 13.1. The average Bonchev–Trinajstić information content (AvgIpc) is 3.19. The molecule has 5 rings (SSSR count). The Morgan fingerprint density at radius 1 is 1.28 bits per heavy atom. The minimum atomic E-state index is -2.96. The van der Waals surface area contributed by atoms with Gasteiger partial charge in [0.05, 0.1) is 5.41 Å². The molecule has 2 amide bonds. The third kappa shape index (κ3) is 4.91. The van der Waals surface area contributed by atoms with Gasteiger partial charge in [-0.1, -0.05) is 25.1 Å². The molecule has 2 aromatic carbocycles. The lowest BCUT2D eigenvalue weighted by atomic mass is 9.59. The van der Waals surface area contributed by atoms with Gasteiger partial charge in [-0.05, 0) is 67.3 Å². The summed E-state index contributed by atoms with van der Waals surface area (Å²) in [5.41, 5.74) is 2.33. The smallest absolute Gasteiger partial charge is 0.387 e. The zero-order chi connectivity index (χ0) is 27.9. The average molecular weight is 538 g/mol. The number of nitrogens with zero attached hydrogens (tertiary/aromatic N) is 2. The summed E-state index contributed by atoms with van der Waals surface area (Å²) in [7, 11) is 1.91. The molecule has 2 heterocycles. The molecule has 1 saturated heterocycles. The van der Waals surface area contributed by atoms with E-state index in [9.17, 15) is 23.5 Å². The Kier molecular flexibility index (Phi) is 7.20. The number of carbonyl (C=O) groups excluding carboxylic acids is 2. The number of H-pyrrole nitrogens is 1. The van der Waals surface area contributed by atoms with Crippen LogP contribution in [0.25, 0.3) is 10.9 Å². The van der Waals surface area contributed by atoms with Crippen molar-refractivity contribution >= 4 is 22.7 Å². The number of nitrogens with one attached hydrogen (secondary N) is 1. The Hall–Kier alpha value is -3.72. The summed E-state index contributed by atoms with van der Waals surface area (Å²) in [4.78, 5) is 34.4. The van der Waals surface area contributed by atoms with E-state index in [1.807, 2.05) is 24.9 Å². The number of aromatic nitrogens is 1. The molecule has 2 N–H and O–H groups in total. The summed E-state index contributed by atoms with van der Waals surface area (Å²) in [6.45, 7) is 4.14. The fourth-order valence-corrected chi connectivity index (χ4v) is 6.43. The van der Waals surface area contributed by atoms with Crippen LogP contribution in [0.3, 0.4) is 0 Å². The maximum absolute atomic E-state index is 14.3. The highest BCUT2D eigenvalue weighted by atomic mass is 19.3. The lowest BCUT2D eigenvalue weighted by molar-refractivity contribution is -0.151. The number of benzene rings is 2. The Bertz CT molecular complexity index is 1420. The lowest BCUT2D eigenvalue weighted by Gasteiger charge is -2.45. The number of hydrogen-bond acceptors (Lipinski definition) is 5. The van der Waals surface area contributed by atoms with Gasteiger partial charge >= 0.3 is 6.61 Å². The standard InChI is InChI=1S/C30H33F2N3O4/c1-4-12-34(3)13-14-35-25(37)11-9-23-26(18-6-5-7-19(36)15-18)27-22(17-30(23,2)28(35)38)21-16-20(39-29(31)32)8-10-24(21)33-27/h4-8,10,15-16,23,26,29,33,36H,1,9,11-14,17H2,2-3H3/t23?,26-,30+/m0/s1. The molecule has 39 heavy (non-hydrogen) atoms. The number of fused-ring (bicyclic) bond motifs is 4. The number of halogens is 2. The zero-order valence-corrected chi connectivity index (χ0v) is 22.1. The molecular weight excluding hydrogens is 504 g/mol. The highest BCUT2D eigenvalue weighted by molar-refractivity contribution is 6.00. The monoisotopic (exact) mass is 537 g/mol. The summed E-state index contributed by atoms with van der Waals surface area (Å²) in [6.07, 6.45) is 2.84. The number of likely N-dealkylation sites (N-methyl/N-ethyl adjacent to an activating group) is 1. The van der Waals surface area contributed by atoms with Crippen LogP contribution in [0.4, 0.5) is 8.78 Å². The van der Waals surface area contributed by atoms with Gasteiger partial charge in [-0.2, -0.15) is 8.78 Å². The van der Waals surface area contributed by atoms with Gasteiger partial charge in [-0.15, -0.1) is 6.58 Å². The third-order valence-corrected chi connectivity index (χ3v) is 8.29. The Balaban J connectivity index is 1.64. The first kappa shape index (κ1) is 26.9. The topological polar surface area (TPSA) is 85.9 Å². The summed E-state index contributed by atoms with van der Waals surface area (Å²) in [5, 5.41) is 11.0. The van der Waals surface area contributed by atoms with Crippen molar-refractivity contribution in [1.29, 1.82) is 0 Å². The number of amides is 2. The highest BCUT2D eigenvalue weighted by Crippen LogP contribution is 2.55. The summed E-state index contributed by atoms with van der Waals surface area (Å²) < 4.78 is 30.7. The quantitative estimate of drug-likeness (QED) is 0.310. The van der Waals surface area contributed by atoms with Gasteiger partial charge in [0, 0.05) is 48.6 Å². The molecule has 3 atom stereocenters. The first-order valence-electron chi connectivity index (χ1n) is 13.1. The van der Waals surface area contributed by atoms with E-state index in [4.69, 9.17) is 0 Å². The third-order valence-electron chi connectivity index (χ3n) is 8.29. The van der Waals surface area contributed by atoms with E-state index < -0.39 is 12.0 Å². The minimum Gasteiger partial charge on any atom is -0.508 e. The summed E-state index contributed by atoms with van der Waals surface area (Å²) in [6, 6.07) is 11.7. The van der Waals surface area contributed by atoms with E-state index in [0.29, 0.717) is 31.3 Å². The van der Waals surface area contributed by atoms with Crippen LogP contribution in [-0.4, -0.2) is 65.0 Å². The predicted octanol–water partition coefficient (Wildman–Crippen LogP) is 5.05. The molecule has 3 aromatic rings. The molecule has 1 fully saturated rings. The predicted molar refractivity (Wildman–Crippen MR) is 144 cm³/mol. The summed E-state index contributed by atoms with van der Waals surface area (Å²) >= 11 is 0. The number of ether oxygens (including phenoxy) is 1. The Morgan fingerprint density at radius 2 is 2.08 bits per heavy atom. The first-order chi connectivity index (χ1) is 18.6. The van der Waals surface area contributed by atoms with E-state index >= 15 is 0 Å². The molecule has 0 radical (unpaired) electrons. The van der Waals surface area contributed by atoms with Crippen molar-refractivity contribution < 1.29 is 28.2 Å².